The molecule has 0 N–H and O–H groups in total. The molecule has 1 aliphatic heterocycles. The zero-order chi connectivity index (χ0) is 28.9. The van der Waals surface area contributed by atoms with Gasteiger partial charge in [-0.2, -0.15) is 0 Å². The molecule has 0 unspecified atom stereocenters. The zero-order valence-corrected chi connectivity index (χ0v) is 25.3. The predicted molar refractivity (Wildman–Crippen MR) is 169 cm³/mol. The molecular weight excluding hydrogens is 603 g/mol. The van der Waals surface area contributed by atoms with Gasteiger partial charge in [0.25, 0.3) is 5.91 Å². The summed E-state index contributed by atoms with van der Waals surface area (Å²) in [6.45, 7) is 6.36. The lowest BCUT2D eigenvalue weighted by Crippen LogP contribution is -2.28. The number of carbonyl (C=O) groups excluding carboxylic acids is 1. The van der Waals surface area contributed by atoms with Crippen LogP contribution < -0.4 is 14.4 Å². The van der Waals surface area contributed by atoms with Crippen LogP contribution in [-0.2, 0) is 11.4 Å². The molecule has 1 amide bonds. The summed E-state index contributed by atoms with van der Waals surface area (Å²) in [5.74, 6) is 0.453. The number of thioether (sulfide) groups is 1. The van der Waals surface area contributed by atoms with Gasteiger partial charge in [-0.25, -0.2) is 9.38 Å². The molecule has 8 heteroatoms. The molecule has 1 heterocycles. The molecule has 4 aromatic rings. The second-order valence-electron chi connectivity index (χ2n) is 9.46. The van der Waals surface area contributed by atoms with E-state index >= 15 is 0 Å². The summed E-state index contributed by atoms with van der Waals surface area (Å²) >= 11 is 4.90. The van der Waals surface area contributed by atoms with E-state index in [2.05, 4.69) is 15.9 Å². The highest BCUT2D eigenvalue weighted by Crippen LogP contribution is 2.41. The molecule has 4 aromatic carbocycles. The summed E-state index contributed by atoms with van der Waals surface area (Å²) in [5, 5.41) is 0.572. The number of hydrogen-bond acceptors (Lipinski definition) is 5. The van der Waals surface area contributed by atoms with Crippen molar-refractivity contribution in [3.63, 3.8) is 0 Å². The van der Waals surface area contributed by atoms with Gasteiger partial charge in [-0.1, -0.05) is 53.6 Å². The molecule has 5 rings (SSSR count). The normalized spacial score (nSPS) is 15.1. The Labute approximate surface area is 251 Å². The lowest BCUT2D eigenvalue weighted by atomic mass is 10.1. The van der Waals surface area contributed by atoms with Gasteiger partial charge in [0.2, 0.25) is 0 Å². The lowest BCUT2D eigenvalue weighted by Gasteiger charge is -2.16. The highest BCUT2D eigenvalue weighted by molar-refractivity contribution is 9.10. The number of nitrogens with zero attached hydrogens (tertiary/aromatic N) is 2. The van der Waals surface area contributed by atoms with E-state index in [1.54, 1.807) is 23.1 Å². The molecule has 1 fully saturated rings. The number of hydrogen-bond donors (Lipinski definition) is 0. The van der Waals surface area contributed by atoms with Gasteiger partial charge < -0.3 is 9.47 Å². The van der Waals surface area contributed by atoms with Gasteiger partial charge >= 0.3 is 0 Å². The lowest BCUT2D eigenvalue weighted by molar-refractivity contribution is -0.113. The number of amides is 1. The Kier molecular flexibility index (Phi) is 8.90. The van der Waals surface area contributed by atoms with Gasteiger partial charge in [0.05, 0.1) is 27.4 Å². The van der Waals surface area contributed by atoms with E-state index in [9.17, 15) is 9.18 Å². The minimum atomic E-state index is -0.332. The summed E-state index contributed by atoms with van der Waals surface area (Å²) in [5.41, 5.74) is 4.94. The first-order valence-corrected chi connectivity index (χ1v) is 14.7. The molecule has 0 bridgehead atoms. The zero-order valence-electron chi connectivity index (χ0n) is 22.9. The van der Waals surface area contributed by atoms with E-state index in [4.69, 9.17) is 14.5 Å². The Morgan fingerprint density at radius 3 is 2.32 bits per heavy atom. The number of ether oxygens (including phenoxy) is 2. The van der Waals surface area contributed by atoms with Crippen LogP contribution in [0, 0.1) is 19.7 Å². The first-order valence-electron chi connectivity index (χ1n) is 13.1. The van der Waals surface area contributed by atoms with Crippen LogP contribution in [0.15, 0.2) is 99.3 Å². The molecule has 0 spiro atoms. The highest BCUT2D eigenvalue weighted by atomic mass is 79.9. The summed E-state index contributed by atoms with van der Waals surface area (Å²) in [6.07, 6.45) is 1.82. The molecule has 0 saturated carbocycles. The van der Waals surface area contributed by atoms with Crippen molar-refractivity contribution in [2.24, 2.45) is 4.99 Å². The average molecular weight is 632 g/mol. The van der Waals surface area contributed by atoms with Crippen LogP contribution in [0.4, 0.5) is 15.8 Å². The van der Waals surface area contributed by atoms with Gasteiger partial charge in [-0.15, -0.1) is 0 Å². The standard InChI is InChI=1S/C33H28BrFN2O3S/c1-4-39-29-18-23(17-27(34)31(29)40-20-24-7-5-6-8-28(24)35)19-30-32(38)37(26-15-11-22(3)12-16-26)33(41-30)36-25-13-9-21(2)10-14-25/h5-19H,4,20H2,1-3H3/b30-19-,36-33?. The van der Waals surface area contributed by atoms with Gasteiger partial charge in [0.1, 0.15) is 12.4 Å². The van der Waals surface area contributed by atoms with Crippen LogP contribution in [0.2, 0.25) is 0 Å². The molecular formula is C33H28BrFN2O3S. The minimum Gasteiger partial charge on any atom is -0.490 e. The summed E-state index contributed by atoms with van der Waals surface area (Å²) < 4.78 is 26.6. The van der Waals surface area contributed by atoms with E-state index < -0.39 is 0 Å². The van der Waals surface area contributed by atoms with Crippen molar-refractivity contribution in [3.8, 4) is 11.5 Å². The fraction of sp³-hybridized carbons (Fsp3) is 0.152. The minimum absolute atomic E-state index is 0.0461. The van der Waals surface area contributed by atoms with E-state index in [1.807, 2.05) is 87.5 Å². The smallest absolute Gasteiger partial charge is 0.271 e. The monoisotopic (exact) mass is 630 g/mol. The summed E-state index contributed by atoms with van der Waals surface area (Å²) in [4.78, 5) is 20.7. The van der Waals surface area contributed by atoms with Crippen LogP contribution >= 0.6 is 27.7 Å². The average Bonchev–Trinajstić information content (AvgIpc) is 3.25. The van der Waals surface area contributed by atoms with Crippen molar-refractivity contribution >= 4 is 56.2 Å². The van der Waals surface area contributed by atoms with Crippen molar-refractivity contribution in [2.75, 3.05) is 11.5 Å². The Balaban J connectivity index is 1.49. The number of benzene rings is 4. The third kappa shape index (κ3) is 6.72. The van der Waals surface area contributed by atoms with Crippen LogP contribution in [0.3, 0.4) is 0 Å². The maximum Gasteiger partial charge on any atom is 0.271 e. The van der Waals surface area contributed by atoms with E-state index in [0.29, 0.717) is 38.2 Å². The number of carbonyl (C=O) groups is 1. The fourth-order valence-corrected chi connectivity index (χ4v) is 5.77. The molecule has 41 heavy (non-hydrogen) atoms. The van der Waals surface area contributed by atoms with Crippen molar-refractivity contribution < 1.29 is 18.7 Å². The largest absolute Gasteiger partial charge is 0.490 e. The van der Waals surface area contributed by atoms with Crippen molar-refractivity contribution in [1.82, 2.24) is 0 Å². The number of rotatable bonds is 8. The molecule has 0 radical (unpaired) electrons. The highest BCUT2D eigenvalue weighted by Gasteiger charge is 2.35. The van der Waals surface area contributed by atoms with Gasteiger partial charge in [0, 0.05) is 5.56 Å². The number of anilines is 1. The van der Waals surface area contributed by atoms with E-state index in [1.165, 1.54) is 17.8 Å². The molecule has 208 valence electrons. The van der Waals surface area contributed by atoms with Crippen LogP contribution in [0.1, 0.15) is 29.2 Å². The molecule has 0 aromatic heterocycles. The van der Waals surface area contributed by atoms with Gasteiger partial charge in [-0.3, -0.25) is 9.69 Å². The van der Waals surface area contributed by atoms with Crippen molar-refractivity contribution in [3.05, 3.63) is 122 Å². The fourth-order valence-electron chi connectivity index (χ4n) is 4.19. The quantitative estimate of drug-likeness (QED) is 0.182. The Hall–Kier alpha value is -3.88. The third-order valence-corrected chi connectivity index (χ3v) is 7.87. The molecule has 0 aliphatic carbocycles. The Bertz CT molecular complexity index is 1640. The van der Waals surface area contributed by atoms with Crippen LogP contribution in [-0.4, -0.2) is 17.7 Å². The SMILES string of the molecule is CCOc1cc(/C=C2\SC(=Nc3ccc(C)cc3)N(c3ccc(C)cc3)C2=O)cc(Br)c1OCc1ccccc1F. The topological polar surface area (TPSA) is 51.1 Å². The van der Waals surface area contributed by atoms with Crippen LogP contribution in [0.5, 0.6) is 11.5 Å². The van der Waals surface area contributed by atoms with Gasteiger partial charge in [-0.05, 0) is 103 Å². The number of amidine groups is 1. The number of aryl methyl sites for hydroxylation is 2. The summed E-state index contributed by atoms with van der Waals surface area (Å²) in [7, 11) is 0. The van der Waals surface area contributed by atoms with E-state index in [-0.39, 0.29) is 18.3 Å². The second kappa shape index (κ2) is 12.7. The van der Waals surface area contributed by atoms with Crippen molar-refractivity contribution in [2.45, 2.75) is 27.4 Å². The van der Waals surface area contributed by atoms with E-state index in [0.717, 1.165) is 28.1 Å². The summed E-state index contributed by atoms with van der Waals surface area (Å²) in [6, 6.07) is 25.8. The van der Waals surface area contributed by atoms with Gasteiger partial charge in [0.15, 0.2) is 16.7 Å². The Morgan fingerprint density at radius 2 is 1.63 bits per heavy atom. The van der Waals surface area contributed by atoms with Crippen molar-refractivity contribution in [1.29, 1.82) is 0 Å². The number of aliphatic imine (C=N–C) groups is 1. The third-order valence-electron chi connectivity index (χ3n) is 6.32. The maximum absolute atomic E-state index is 14.2. The molecule has 1 saturated heterocycles. The first kappa shape index (κ1) is 28.6. The molecule has 1 aliphatic rings. The predicted octanol–water partition coefficient (Wildman–Crippen LogP) is 8.99. The first-order chi connectivity index (χ1) is 19.8. The Morgan fingerprint density at radius 1 is 0.951 bits per heavy atom. The van der Waals surface area contributed by atoms with Crippen LogP contribution in [0.25, 0.3) is 6.08 Å². The molecule has 0 atom stereocenters. The number of halogens is 2. The maximum atomic E-state index is 14.2. The second-order valence-corrected chi connectivity index (χ2v) is 11.3. The molecule has 5 nitrogen and oxygen atoms in total.